The standard InChI is InChI=1S/C12H20N2O5/c1-8(9(2)12(17)18)11(16)14(3)7-10(15)13-5-6-19-4/h5-7H2,1-4H3,(H,13,15)(H,17,18). The highest BCUT2D eigenvalue weighted by Crippen LogP contribution is 2.06. The molecule has 19 heavy (non-hydrogen) atoms. The molecule has 0 atom stereocenters. The molecule has 0 heterocycles. The van der Waals surface area contributed by atoms with Crippen LogP contribution in [0.3, 0.4) is 0 Å². The maximum Gasteiger partial charge on any atom is 0.331 e. The highest BCUT2D eigenvalue weighted by molar-refractivity contribution is 6.02. The number of amides is 2. The molecule has 0 saturated carbocycles. The quantitative estimate of drug-likeness (QED) is 0.487. The van der Waals surface area contributed by atoms with Crippen LogP contribution in [-0.4, -0.2) is 61.6 Å². The predicted octanol–water partition coefficient (Wildman–Crippen LogP) is -0.372. The second-order valence-electron chi connectivity index (χ2n) is 4.06. The Morgan fingerprint density at radius 2 is 1.79 bits per heavy atom. The van der Waals surface area contributed by atoms with E-state index >= 15 is 0 Å². The molecular weight excluding hydrogens is 252 g/mol. The average Bonchev–Trinajstić information content (AvgIpc) is 2.36. The molecule has 0 aromatic rings. The number of ether oxygens (including phenoxy) is 1. The van der Waals surface area contributed by atoms with E-state index in [1.165, 1.54) is 32.9 Å². The van der Waals surface area contributed by atoms with E-state index in [2.05, 4.69) is 5.32 Å². The minimum atomic E-state index is -1.15. The second-order valence-corrected chi connectivity index (χ2v) is 4.06. The van der Waals surface area contributed by atoms with Gasteiger partial charge in [0.25, 0.3) is 0 Å². The summed E-state index contributed by atoms with van der Waals surface area (Å²) >= 11 is 0. The maximum absolute atomic E-state index is 11.9. The minimum absolute atomic E-state index is 0.0309. The van der Waals surface area contributed by atoms with Crippen LogP contribution < -0.4 is 5.32 Å². The Morgan fingerprint density at radius 3 is 2.26 bits per heavy atom. The van der Waals surface area contributed by atoms with Crippen molar-refractivity contribution in [2.45, 2.75) is 13.8 Å². The molecule has 7 nitrogen and oxygen atoms in total. The molecule has 0 unspecified atom stereocenters. The third kappa shape index (κ3) is 6.01. The monoisotopic (exact) mass is 272 g/mol. The van der Waals surface area contributed by atoms with Crippen LogP contribution in [0.1, 0.15) is 13.8 Å². The van der Waals surface area contributed by atoms with Gasteiger partial charge in [0.1, 0.15) is 0 Å². The number of likely N-dealkylation sites (N-methyl/N-ethyl adjacent to an activating group) is 1. The minimum Gasteiger partial charge on any atom is -0.478 e. The van der Waals surface area contributed by atoms with Gasteiger partial charge < -0.3 is 20.1 Å². The first-order valence-electron chi connectivity index (χ1n) is 5.73. The third-order valence-electron chi connectivity index (χ3n) is 2.56. The zero-order chi connectivity index (χ0) is 15.0. The lowest BCUT2D eigenvalue weighted by atomic mass is 10.1. The largest absolute Gasteiger partial charge is 0.478 e. The SMILES string of the molecule is COCCNC(=O)CN(C)C(=O)C(C)=C(C)C(=O)O. The van der Waals surface area contributed by atoms with Gasteiger partial charge in [-0.2, -0.15) is 0 Å². The molecule has 0 saturated heterocycles. The molecule has 7 heteroatoms. The van der Waals surface area contributed by atoms with Gasteiger partial charge in [-0.15, -0.1) is 0 Å². The molecule has 0 aliphatic rings. The predicted molar refractivity (Wildman–Crippen MR) is 68.5 cm³/mol. The van der Waals surface area contributed by atoms with E-state index in [9.17, 15) is 14.4 Å². The van der Waals surface area contributed by atoms with Gasteiger partial charge in [0.15, 0.2) is 0 Å². The Balaban J connectivity index is 4.47. The normalized spacial score (nSPS) is 11.6. The first kappa shape index (κ1) is 17.1. The number of hydrogen-bond acceptors (Lipinski definition) is 4. The number of carboxylic acid groups (broad SMARTS) is 1. The Bertz CT molecular complexity index is 390. The van der Waals surface area contributed by atoms with Crippen molar-refractivity contribution in [3.63, 3.8) is 0 Å². The number of carboxylic acids is 1. The summed E-state index contributed by atoms with van der Waals surface area (Å²) in [5.41, 5.74) is 0.0799. The zero-order valence-corrected chi connectivity index (χ0v) is 11.6. The van der Waals surface area contributed by atoms with E-state index in [0.29, 0.717) is 13.2 Å². The van der Waals surface area contributed by atoms with Crippen molar-refractivity contribution < 1.29 is 24.2 Å². The van der Waals surface area contributed by atoms with Crippen LogP contribution >= 0.6 is 0 Å². The highest BCUT2D eigenvalue weighted by atomic mass is 16.5. The van der Waals surface area contributed by atoms with Crippen molar-refractivity contribution in [2.24, 2.45) is 0 Å². The molecule has 0 aliphatic carbocycles. The molecule has 0 radical (unpaired) electrons. The first-order chi connectivity index (χ1) is 8.81. The molecular formula is C12H20N2O5. The molecule has 108 valence electrons. The van der Waals surface area contributed by atoms with Crippen molar-refractivity contribution in [1.29, 1.82) is 0 Å². The van der Waals surface area contributed by atoms with E-state index in [0.717, 1.165) is 0 Å². The lowest BCUT2D eigenvalue weighted by Gasteiger charge is -2.17. The smallest absolute Gasteiger partial charge is 0.331 e. The topological polar surface area (TPSA) is 95.9 Å². The Kier molecular flexibility index (Phi) is 7.43. The van der Waals surface area contributed by atoms with Crippen LogP contribution in [0.4, 0.5) is 0 Å². The number of carbonyl (C=O) groups is 3. The fourth-order valence-corrected chi connectivity index (χ4v) is 1.24. The van der Waals surface area contributed by atoms with Gasteiger partial charge in [-0.3, -0.25) is 9.59 Å². The summed E-state index contributed by atoms with van der Waals surface area (Å²) in [6.07, 6.45) is 0. The highest BCUT2D eigenvalue weighted by Gasteiger charge is 2.18. The summed E-state index contributed by atoms with van der Waals surface area (Å²) in [6, 6.07) is 0. The van der Waals surface area contributed by atoms with E-state index in [4.69, 9.17) is 9.84 Å². The van der Waals surface area contributed by atoms with Gasteiger partial charge in [0.05, 0.1) is 13.2 Å². The summed E-state index contributed by atoms with van der Waals surface area (Å²) in [6.45, 7) is 3.39. The molecule has 0 aliphatic heterocycles. The van der Waals surface area contributed by atoms with E-state index in [1.807, 2.05) is 0 Å². The van der Waals surface area contributed by atoms with Gasteiger partial charge in [-0.1, -0.05) is 0 Å². The van der Waals surface area contributed by atoms with Crippen molar-refractivity contribution in [3.8, 4) is 0 Å². The summed E-state index contributed by atoms with van der Waals surface area (Å²) in [5, 5.41) is 11.4. The van der Waals surface area contributed by atoms with Crippen LogP contribution in [0, 0.1) is 0 Å². The molecule has 0 aromatic heterocycles. The van der Waals surface area contributed by atoms with Gasteiger partial charge in [0.2, 0.25) is 11.8 Å². The summed E-state index contributed by atoms with van der Waals surface area (Å²) in [5.74, 6) is -1.96. The lowest BCUT2D eigenvalue weighted by molar-refractivity contribution is -0.134. The number of methoxy groups -OCH3 is 1. The summed E-state index contributed by atoms with van der Waals surface area (Å²) in [4.78, 5) is 35.2. The number of carbonyl (C=O) groups excluding carboxylic acids is 2. The van der Waals surface area contributed by atoms with Crippen molar-refractivity contribution in [1.82, 2.24) is 10.2 Å². The van der Waals surface area contributed by atoms with E-state index in [-0.39, 0.29) is 23.6 Å². The van der Waals surface area contributed by atoms with Crippen molar-refractivity contribution in [2.75, 3.05) is 33.9 Å². The number of nitrogens with one attached hydrogen (secondary N) is 1. The van der Waals surface area contributed by atoms with Crippen LogP contribution in [0.5, 0.6) is 0 Å². The van der Waals surface area contributed by atoms with Gasteiger partial charge in [-0.25, -0.2) is 4.79 Å². The fourth-order valence-electron chi connectivity index (χ4n) is 1.24. The molecule has 2 N–H and O–H groups in total. The molecule has 0 fully saturated rings. The van der Waals surface area contributed by atoms with Crippen LogP contribution in [0.15, 0.2) is 11.1 Å². The molecule has 0 aromatic carbocycles. The van der Waals surface area contributed by atoms with Crippen LogP contribution in [-0.2, 0) is 19.1 Å². The molecule has 2 amide bonds. The van der Waals surface area contributed by atoms with Crippen LogP contribution in [0.2, 0.25) is 0 Å². The molecule has 0 bridgehead atoms. The summed E-state index contributed by atoms with van der Waals surface area (Å²) < 4.78 is 4.77. The fraction of sp³-hybridized carbons (Fsp3) is 0.583. The Labute approximate surface area is 112 Å². The van der Waals surface area contributed by atoms with Crippen molar-refractivity contribution in [3.05, 3.63) is 11.1 Å². The van der Waals surface area contributed by atoms with Gasteiger partial charge in [0, 0.05) is 31.8 Å². The van der Waals surface area contributed by atoms with Gasteiger partial charge in [-0.05, 0) is 13.8 Å². The number of rotatable bonds is 7. The third-order valence-corrected chi connectivity index (χ3v) is 2.56. The van der Waals surface area contributed by atoms with E-state index < -0.39 is 11.9 Å². The van der Waals surface area contributed by atoms with Crippen molar-refractivity contribution >= 4 is 17.8 Å². The number of hydrogen-bond donors (Lipinski definition) is 2. The zero-order valence-electron chi connectivity index (χ0n) is 11.6. The first-order valence-corrected chi connectivity index (χ1v) is 5.73. The Morgan fingerprint density at radius 1 is 1.21 bits per heavy atom. The van der Waals surface area contributed by atoms with E-state index in [1.54, 1.807) is 0 Å². The molecule has 0 rings (SSSR count). The van der Waals surface area contributed by atoms with Gasteiger partial charge >= 0.3 is 5.97 Å². The van der Waals surface area contributed by atoms with Crippen LogP contribution in [0.25, 0.3) is 0 Å². The Hall–Kier alpha value is -1.89. The second kappa shape index (κ2) is 8.25. The average molecular weight is 272 g/mol. The lowest BCUT2D eigenvalue weighted by Crippen LogP contribution is -2.40. The maximum atomic E-state index is 11.9. The number of nitrogens with zero attached hydrogens (tertiary/aromatic N) is 1. The molecule has 0 spiro atoms. The number of aliphatic carboxylic acids is 1. The summed E-state index contributed by atoms with van der Waals surface area (Å²) in [7, 11) is 2.96.